The molecule has 2 aliphatic rings. The number of hydrogen-bond donors (Lipinski definition) is 1. The zero-order valence-electron chi connectivity index (χ0n) is 10.7. The summed E-state index contributed by atoms with van der Waals surface area (Å²) in [5.41, 5.74) is 2.62. The highest BCUT2D eigenvalue weighted by Crippen LogP contribution is 2.50. The van der Waals surface area contributed by atoms with Gasteiger partial charge in [-0.2, -0.15) is 12.6 Å². The molecule has 1 saturated carbocycles. The number of carbonyl (C=O) groups excluding carboxylic acids is 1. The fraction of sp³-hybridized carbons (Fsp3) is 0.533. The van der Waals surface area contributed by atoms with E-state index in [1.165, 1.54) is 5.56 Å². The molecule has 2 nitrogen and oxygen atoms in total. The maximum atomic E-state index is 12.5. The third kappa shape index (κ3) is 1.95. The molecule has 1 atom stereocenters. The molecule has 0 aromatic heterocycles. The average Bonchev–Trinajstić information content (AvgIpc) is 3.03. The van der Waals surface area contributed by atoms with Crippen molar-refractivity contribution in [1.29, 1.82) is 0 Å². The van der Waals surface area contributed by atoms with Gasteiger partial charge in [0.1, 0.15) is 0 Å². The molecule has 1 heterocycles. The predicted octanol–water partition coefficient (Wildman–Crippen LogP) is 3.06. The number of fused-ring (bicyclic) bond motifs is 1. The van der Waals surface area contributed by atoms with E-state index in [1.807, 2.05) is 11.0 Å². The van der Waals surface area contributed by atoms with Gasteiger partial charge in [-0.15, -0.1) is 0 Å². The molecular weight excluding hydrogens is 242 g/mol. The van der Waals surface area contributed by atoms with E-state index in [2.05, 4.69) is 37.8 Å². The van der Waals surface area contributed by atoms with Gasteiger partial charge >= 0.3 is 0 Å². The molecular formula is C15H19NOS. The standard InChI is InChI=1S/C15H19NOS/c1-11-8-12-4-2-3-5-13(12)16(11)14(17)9-15(10-18)6-7-15/h2-5,11,18H,6-10H2,1H3. The van der Waals surface area contributed by atoms with Gasteiger partial charge in [0.2, 0.25) is 5.91 Å². The number of anilines is 1. The number of amides is 1. The van der Waals surface area contributed by atoms with Crippen LogP contribution in [-0.4, -0.2) is 17.7 Å². The average molecular weight is 261 g/mol. The Labute approximate surface area is 114 Å². The Kier molecular flexibility index (Phi) is 2.89. The number of benzene rings is 1. The van der Waals surface area contributed by atoms with E-state index in [0.717, 1.165) is 30.7 Å². The minimum atomic E-state index is 0.206. The summed E-state index contributed by atoms with van der Waals surface area (Å²) in [6.45, 7) is 2.14. The summed E-state index contributed by atoms with van der Waals surface area (Å²) in [4.78, 5) is 14.5. The lowest BCUT2D eigenvalue weighted by atomic mass is 10.0. The molecule has 1 aromatic carbocycles. The van der Waals surface area contributed by atoms with E-state index in [9.17, 15) is 4.79 Å². The monoisotopic (exact) mass is 261 g/mol. The van der Waals surface area contributed by atoms with Crippen LogP contribution in [0.25, 0.3) is 0 Å². The van der Waals surface area contributed by atoms with Crippen LogP contribution in [-0.2, 0) is 11.2 Å². The lowest BCUT2D eigenvalue weighted by molar-refractivity contribution is -0.119. The second kappa shape index (κ2) is 4.30. The van der Waals surface area contributed by atoms with Crippen LogP contribution in [0.5, 0.6) is 0 Å². The highest BCUT2D eigenvalue weighted by Gasteiger charge is 2.45. The quantitative estimate of drug-likeness (QED) is 0.829. The Balaban J connectivity index is 1.82. The fourth-order valence-corrected chi connectivity index (χ4v) is 3.35. The van der Waals surface area contributed by atoms with Crippen LogP contribution in [0.1, 0.15) is 31.7 Å². The normalized spacial score (nSPS) is 23.9. The third-order valence-electron chi connectivity index (χ3n) is 4.29. The van der Waals surface area contributed by atoms with Crippen molar-refractivity contribution >= 4 is 24.2 Å². The van der Waals surface area contributed by atoms with E-state index in [1.54, 1.807) is 0 Å². The summed E-state index contributed by atoms with van der Waals surface area (Å²) < 4.78 is 0. The van der Waals surface area contributed by atoms with Gasteiger partial charge in [-0.05, 0) is 49.0 Å². The molecule has 3 rings (SSSR count). The van der Waals surface area contributed by atoms with Crippen LogP contribution in [0.15, 0.2) is 24.3 Å². The van der Waals surface area contributed by atoms with Crippen molar-refractivity contribution in [1.82, 2.24) is 0 Å². The molecule has 1 fully saturated rings. The van der Waals surface area contributed by atoms with Crippen molar-refractivity contribution in [3.05, 3.63) is 29.8 Å². The molecule has 1 unspecified atom stereocenters. The highest BCUT2D eigenvalue weighted by molar-refractivity contribution is 7.80. The summed E-state index contributed by atoms with van der Waals surface area (Å²) in [5.74, 6) is 1.11. The van der Waals surface area contributed by atoms with Gasteiger partial charge in [-0.1, -0.05) is 18.2 Å². The van der Waals surface area contributed by atoms with Crippen molar-refractivity contribution in [3.8, 4) is 0 Å². The Morgan fingerprint density at radius 3 is 2.83 bits per heavy atom. The number of rotatable bonds is 3. The first-order valence-corrected chi connectivity index (χ1v) is 7.29. The maximum absolute atomic E-state index is 12.5. The number of nitrogens with zero attached hydrogens (tertiary/aromatic N) is 1. The first-order valence-electron chi connectivity index (χ1n) is 6.66. The zero-order chi connectivity index (χ0) is 12.8. The first-order chi connectivity index (χ1) is 8.65. The van der Waals surface area contributed by atoms with Crippen molar-refractivity contribution in [2.45, 2.75) is 38.6 Å². The van der Waals surface area contributed by atoms with Gasteiger partial charge in [-0.3, -0.25) is 4.79 Å². The second-order valence-corrected chi connectivity index (χ2v) is 6.10. The number of hydrogen-bond acceptors (Lipinski definition) is 2. The topological polar surface area (TPSA) is 20.3 Å². The number of para-hydroxylation sites is 1. The number of carbonyl (C=O) groups is 1. The van der Waals surface area contributed by atoms with Crippen molar-refractivity contribution in [2.75, 3.05) is 10.7 Å². The molecule has 0 bridgehead atoms. The van der Waals surface area contributed by atoms with Crippen LogP contribution >= 0.6 is 12.6 Å². The van der Waals surface area contributed by atoms with Gasteiger partial charge in [-0.25, -0.2) is 0 Å². The van der Waals surface area contributed by atoms with E-state index in [0.29, 0.717) is 12.5 Å². The van der Waals surface area contributed by atoms with Crippen LogP contribution < -0.4 is 4.90 Å². The van der Waals surface area contributed by atoms with Crippen molar-refractivity contribution in [3.63, 3.8) is 0 Å². The molecule has 1 amide bonds. The summed E-state index contributed by atoms with van der Waals surface area (Å²) in [5, 5.41) is 0. The number of thiol groups is 1. The molecule has 0 saturated heterocycles. The van der Waals surface area contributed by atoms with Gasteiger partial charge in [0.05, 0.1) is 0 Å². The highest BCUT2D eigenvalue weighted by atomic mass is 32.1. The van der Waals surface area contributed by atoms with E-state index in [-0.39, 0.29) is 11.3 Å². The summed E-state index contributed by atoms with van der Waals surface area (Å²) in [6, 6.07) is 8.56. The zero-order valence-corrected chi connectivity index (χ0v) is 11.6. The van der Waals surface area contributed by atoms with Crippen molar-refractivity contribution < 1.29 is 4.79 Å². The molecule has 1 aliphatic heterocycles. The van der Waals surface area contributed by atoms with Gasteiger partial charge < -0.3 is 4.90 Å². The Bertz CT molecular complexity index is 481. The smallest absolute Gasteiger partial charge is 0.227 e. The van der Waals surface area contributed by atoms with Crippen LogP contribution in [0.3, 0.4) is 0 Å². The van der Waals surface area contributed by atoms with Crippen molar-refractivity contribution in [2.24, 2.45) is 5.41 Å². The minimum Gasteiger partial charge on any atom is -0.309 e. The van der Waals surface area contributed by atoms with Crippen LogP contribution in [0.2, 0.25) is 0 Å². The van der Waals surface area contributed by atoms with Gasteiger partial charge in [0, 0.05) is 18.2 Å². The summed E-state index contributed by atoms with van der Waals surface area (Å²) in [6.07, 6.45) is 3.96. The molecule has 96 valence electrons. The Morgan fingerprint density at radius 1 is 1.44 bits per heavy atom. The van der Waals surface area contributed by atoms with E-state index >= 15 is 0 Å². The Hall–Kier alpha value is -0.960. The summed E-state index contributed by atoms with van der Waals surface area (Å²) in [7, 11) is 0. The molecule has 3 heteroatoms. The fourth-order valence-electron chi connectivity index (χ4n) is 2.92. The van der Waals surface area contributed by atoms with E-state index < -0.39 is 0 Å². The summed E-state index contributed by atoms with van der Waals surface area (Å²) >= 11 is 4.39. The largest absolute Gasteiger partial charge is 0.309 e. The lowest BCUT2D eigenvalue weighted by Gasteiger charge is -2.25. The SMILES string of the molecule is CC1Cc2ccccc2N1C(=O)CC1(CS)CC1. The van der Waals surface area contributed by atoms with Gasteiger partial charge in [0.25, 0.3) is 0 Å². The maximum Gasteiger partial charge on any atom is 0.227 e. The molecule has 1 aromatic rings. The molecule has 18 heavy (non-hydrogen) atoms. The van der Waals surface area contributed by atoms with Crippen LogP contribution in [0.4, 0.5) is 5.69 Å². The molecule has 0 radical (unpaired) electrons. The van der Waals surface area contributed by atoms with Crippen LogP contribution in [0, 0.1) is 5.41 Å². The van der Waals surface area contributed by atoms with Gasteiger partial charge in [0.15, 0.2) is 0 Å². The van der Waals surface area contributed by atoms with E-state index in [4.69, 9.17) is 0 Å². The Morgan fingerprint density at radius 2 is 2.17 bits per heavy atom. The predicted molar refractivity (Wildman–Crippen MR) is 77.2 cm³/mol. The molecule has 1 aliphatic carbocycles. The minimum absolute atomic E-state index is 0.206. The molecule has 0 N–H and O–H groups in total. The molecule has 0 spiro atoms. The first kappa shape index (κ1) is 12.1. The lowest BCUT2D eigenvalue weighted by Crippen LogP contribution is -2.37. The second-order valence-electron chi connectivity index (χ2n) is 5.78. The third-order valence-corrected chi connectivity index (χ3v) is 4.97.